The number of hydrogen-bond donors (Lipinski definition) is 1. The third-order valence-electron chi connectivity index (χ3n) is 2.90. The molecule has 3 rings (SSSR count). The van der Waals surface area contributed by atoms with E-state index in [1.807, 2.05) is 6.07 Å². The van der Waals surface area contributed by atoms with Gasteiger partial charge in [-0.3, -0.25) is 9.59 Å². The molecule has 1 aliphatic heterocycles. The zero-order chi connectivity index (χ0) is 13.4. The van der Waals surface area contributed by atoms with Crippen LogP contribution in [0, 0.1) is 0 Å². The number of fused-ring (bicyclic) bond motifs is 1. The van der Waals surface area contributed by atoms with Crippen LogP contribution in [0.2, 0.25) is 0 Å². The number of carbonyl (C=O) groups excluding carboxylic acids is 2. The van der Waals surface area contributed by atoms with Gasteiger partial charge in [-0.1, -0.05) is 0 Å². The number of anilines is 1. The first-order chi connectivity index (χ1) is 9.15. The first-order valence-corrected chi connectivity index (χ1v) is 6.72. The van der Waals surface area contributed by atoms with E-state index >= 15 is 0 Å². The summed E-state index contributed by atoms with van der Waals surface area (Å²) in [5.41, 5.74) is 1.22. The molecule has 0 bridgehead atoms. The molecule has 1 aromatic carbocycles. The molecule has 0 unspecified atom stereocenters. The number of imidazole rings is 1. The predicted octanol–water partition coefficient (Wildman–Crippen LogP) is 1.70. The predicted molar refractivity (Wildman–Crippen MR) is 72.4 cm³/mol. The molecule has 1 N–H and O–H groups in total. The SMILES string of the molecule is Cn1ccnc1C(=O)c1ccc2c(c1)NC(=O)CS2. The lowest BCUT2D eigenvalue weighted by atomic mass is 10.1. The highest BCUT2D eigenvalue weighted by Crippen LogP contribution is 2.32. The van der Waals surface area contributed by atoms with Gasteiger partial charge in [-0.05, 0) is 18.2 Å². The van der Waals surface area contributed by atoms with E-state index in [1.54, 1.807) is 36.1 Å². The maximum absolute atomic E-state index is 12.3. The molecule has 19 heavy (non-hydrogen) atoms. The summed E-state index contributed by atoms with van der Waals surface area (Å²) in [5.74, 6) is 0.605. The minimum atomic E-state index is -0.153. The Bertz CT molecular complexity index is 678. The highest BCUT2D eigenvalue weighted by atomic mass is 32.2. The highest BCUT2D eigenvalue weighted by Gasteiger charge is 2.19. The number of amides is 1. The number of thioether (sulfide) groups is 1. The fourth-order valence-corrected chi connectivity index (χ4v) is 2.73. The van der Waals surface area contributed by atoms with Crippen molar-refractivity contribution in [2.75, 3.05) is 11.1 Å². The van der Waals surface area contributed by atoms with E-state index < -0.39 is 0 Å². The van der Waals surface area contributed by atoms with Crippen molar-refractivity contribution in [2.45, 2.75) is 4.90 Å². The van der Waals surface area contributed by atoms with Gasteiger partial charge in [-0.25, -0.2) is 4.98 Å². The van der Waals surface area contributed by atoms with Gasteiger partial charge in [-0.2, -0.15) is 0 Å². The molecule has 2 aromatic rings. The summed E-state index contributed by atoms with van der Waals surface area (Å²) in [6.45, 7) is 0. The van der Waals surface area contributed by atoms with Crippen LogP contribution in [0.5, 0.6) is 0 Å². The fraction of sp³-hybridized carbons (Fsp3) is 0.154. The van der Waals surface area contributed by atoms with Crippen molar-refractivity contribution >= 4 is 29.1 Å². The minimum absolute atomic E-state index is 0.0425. The van der Waals surface area contributed by atoms with Gasteiger partial charge in [-0.15, -0.1) is 11.8 Å². The van der Waals surface area contributed by atoms with Gasteiger partial charge in [0.25, 0.3) is 0 Å². The number of ketones is 1. The van der Waals surface area contributed by atoms with E-state index in [1.165, 1.54) is 11.8 Å². The zero-order valence-corrected chi connectivity index (χ0v) is 11.0. The summed E-state index contributed by atoms with van der Waals surface area (Å²) in [5, 5.41) is 2.78. The van der Waals surface area contributed by atoms with E-state index in [0.717, 1.165) is 4.90 Å². The number of benzene rings is 1. The largest absolute Gasteiger partial charge is 0.331 e. The molecule has 0 atom stereocenters. The van der Waals surface area contributed by atoms with Crippen molar-refractivity contribution in [3.05, 3.63) is 42.0 Å². The summed E-state index contributed by atoms with van der Waals surface area (Å²) >= 11 is 1.47. The number of nitrogens with one attached hydrogen (secondary N) is 1. The van der Waals surface area contributed by atoms with Crippen molar-refractivity contribution in [2.24, 2.45) is 7.05 Å². The molecular formula is C13H11N3O2S. The van der Waals surface area contributed by atoms with Crippen LogP contribution in [0.15, 0.2) is 35.5 Å². The van der Waals surface area contributed by atoms with Crippen LogP contribution in [0.25, 0.3) is 0 Å². The Morgan fingerprint density at radius 1 is 1.47 bits per heavy atom. The Morgan fingerprint density at radius 2 is 2.32 bits per heavy atom. The lowest BCUT2D eigenvalue weighted by Crippen LogP contribution is -2.19. The van der Waals surface area contributed by atoms with E-state index in [9.17, 15) is 9.59 Å². The Kier molecular flexibility index (Phi) is 2.87. The van der Waals surface area contributed by atoms with Crippen LogP contribution in [-0.4, -0.2) is 27.0 Å². The minimum Gasteiger partial charge on any atom is -0.331 e. The Morgan fingerprint density at radius 3 is 3.05 bits per heavy atom. The number of rotatable bonds is 2. The lowest BCUT2D eigenvalue weighted by Gasteiger charge is -2.16. The van der Waals surface area contributed by atoms with Crippen LogP contribution in [0.4, 0.5) is 5.69 Å². The number of nitrogens with zero attached hydrogens (tertiary/aromatic N) is 2. The molecule has 5 nitrogen and oxygen atoms in total. The second-order valence-corrected chi connectivity index (χ2v) is 5.26. The van der Waals surface area contributed by atoms with Gasteiger partial charge in [0.05, 0.1) is 11.4 Å². The van der Waals surface area contributed by atoms with Crippen LogP contribution < -0.4 is 5.32 Å². The number of carbonyl (C=O) groups is 2. The maximum atomic E-state index is 12.3. The first kappa shape index (κ1) is 12.0. The van der Waals surface area contributed by atoms with Crippen LogP contribution >= 0.6 is 11.8 Å². The normalized spacial score (nSPS) is 13.8. The first-order valence-electron chi connectivity index (χ1n) is 5.74. The summed E-state index contributed by atoms with van der Waals surface area (Å²) in [6.07, 6.45) is 3.31. The molecule has 0 spiro atoms. The van der Waals surface area contributed by atoms with Gasteiger partial charge in [0.2, 0.25) is 11.7 Å². The molecule has 6 heteroatoms. The van der Waals surface area contributed by atoms with Gasteiger partial charge in [0.1, 0.15) is 0 Å². The molecule has 0 fully saturated rings. The van der Waals surface area contributed by atoms with Gasteiger partial charge in [0.15, 0.2) is 5.82 Å². The molecule has 1 aliphatic rings. The molecule has 1 amide bonds. The average molecular weight is 273 g/mol. The molecular weight excluding hydrogens is 262 g/mol. The maximum Gasteiger partial charge on any atom is 0.234 e. The van der Waals surface area contributed by atoms with Crippen molar-refractivity contribution in [3.8, 4) is 0 Å². The topological polar surface area (TPSA) is 64.0 Å². The van der Waals surface area contributed by atoms with Gasteiger partial charge in [0, 0.05) is 29.9 Å². The molecule has 2 heterocycles. The zero-order valence-electron chi connectivity index (χ0n) is 10.2. The standard InChI is InChI=1S/C13H11N3O2S/c1-16-5-4-14-13(16)12(18)8-2-3-10-9(6-8)15-11(17)7-19-10/h2-6H,7H2,1H3,(H,15,17). The second kappa shape index (κ2) is 4.55. The molecule has 0 saturated heterocycles. The molecule has 96 valence electrons. The number of aryl methyl sites for hydroxylation is 1. The lowest BCUT2D eigenvalue weighted by molar-refractivity contribution is -0.113. The van der Waals surface area contributed by atoms with E-state index in [0.29, 0.717) is 22.8 Å². The summed E-state index contributed by atoms with van der Waals surface area (Å²) in [7, 11) is 1.77. The quantitative estimate of drug-likeness (QED) is 0.846. The number of aromatic nitrogens is 2. The van der Waals surface area contributed by atoms with Crippen LogP contribution in [0.3, 0.4) is 0 Å². The van der Waals surface area contributed by atoms with Gasteiger partial charge < -0.3 is 9.88 Å². The van der Waals surface area contributed by atoms with Crippen molar-refractivity contribution < 1.29 is 9.59 Å². The van der Waals surface area contributed by atoms with E-state index in [4.69, 9.17) is 0 Å². The van der Waals surface area contributed by atoms with Crippen molar-refractivity contribution in [1.29, 1.82) is 0 Å². The van der Waals surface area contributed by atoms with E-state index in [2.05, 4.69) is 10.3 Å². The highest BCUT2D eigenvalue weighted by molar-refractivity contribution is 8.00. The third-order valence-corrected chi connectivity index (χ3v) is 3.97. The Labute approximate surface area is 114 Å². The van der Waals surface area contributed by atoms with Crippen LogP contribution in [-0.2, 0) is 11.8 Å². The van der Waals surface area contributed by atoms with Gasteiger partial charge >= 0.3 is 0 Å². The Hall–Kier alpha value is -2.08. The molecule has 1 aromatic heterocycles. The second-order valence-electron chi connectivity index (χ2n) is 4.24. The molecule has 0 saturated carbocycles. The Balaban J connectivity index is 1.98. The monoisotopic (exact) mass is 273 g/mol. The summed E-state index contributed by atoms with van der Waals surface area (Å²) in [4.78, 5) is 28.7. The molecule has 0 aliphatic carbocycles. The van der Waals surface area contributed by atoms with E-state index in [-0.39, 0.29) is 11.7 Å². The summed E-state index contributed by atoms with van der Waals surface area (Å²) in [6, 6.07) is 5.33. The third kappa shape index (κ3) is 2.15. The summed E-state index contributed by atoms with van der Waals surface area (Å²) < 4.78 is 1.68. The van der Waals surface area contributed by atoms with Crippen molar-refractivity contribution in [3.63, 3.8) is 0 Å². The smallest absolute Gasteiger partial charge is 0.234 e. The number of hydrogen-bond acceptors (Lipinski definition) is 4. The fourth-order valence-electron chi connectivity index (χ4n) is 1.94. The van der Waals surface area contributed by atoms with Crippen LogP contribution in [0.1, 0.15) is 16.2 Å². The molecule has 0 radical (unpaired) electrons. The van der Waals surface area contributed by atoms with Crippen molar-refractivity contribution in [1.82, 2.24) is 9.55 Å². The average Bonchev–Trinajstić information content (AvgIpc) is 2.83.